The van der Waals surface area contributed by atoms with Crippen LogP contribution in [0, 0.1) is 11.6 Å². The number of benzene rings is 1. The molecule has 1 aromatic rings. The van der Waals surface area contributed by atoms with E-state index in [1.165, 1.54) is 6.07 Å². The fraction of sp³-hybridized carbons (Fsp3) is 0.462. The number of carbonyl (C=O) groups excluding carboxylic acids is 1. The lowest BCUT2D eigenvalue weighted by Crippen LogP contribution is -2.44. The highest BCUT2D eigenvalue weighted by Crippen LogP contribution is 2.17. The van der Waals surface area contributed by atoms with Crippen molar-refractivity contribution in [1.29, 1.82) is 0 Å². The first kappa shape index (κ1) is 13.7. The number of nitrogens with one attached hydrogen (secondary N) is 2. The van der Waals surface area contributed by atoms with Crippen LogP contribution in [-0.4, -0.2) is 31.6 Å². The number of rotatable bonds is 4. The monoisotopic (exact) mass is 270 g/mol. The van der Waals surface area contributed by atoms with Crippen molar-refractivity contribution in [2.75, 3.05) is 19.7 Å². The molecule has 1 amide bonds. The van der Waals surface area contributed by atoms with E-state index in [0.29, 0.717) is 0 Å². The number of hydrogen-bond acceptors (Lipinski definition) is 3. The summed E-state index contributed by atoms with van der Waals surface area (Å²) >= 11 is 0. The standard InChI is InChI=1S/C13H16F2N2O2/c14-9-1-2-12(11(15)7-9)19-8-13(18)17-10-3-5-16-6-4-10/h1-2,7,10,16H,3-6,8H2,(H,17,18). The van der Waals surface area contributed by atoms with Crippen LogP contribution >= 0.6 is 0 Å². The van der Waals surface area contributed by atoms with Gasteiger partial charge in [0, 0.05) is 12.1 Å². The molecule has 6 heteroatoms. The smallest absolute Gasteiger partial charge is 0.258 e. The van der Waals surface area contributed by atoms with Gasteiger partial charge in [0.1, 0.15) is 5.82 Å². The highest BCUT2D eigenvalue weighted by molar-refractivity contribution is 5.77. The molecule has 4 nitrogen and oxygen atoms in total. The first-order valence-corrected chi connectivity index (χ1v) is 6.23. The first-order chi connectivity index (χ1) is 9.15. The first-order valence-electron chi connectivity index (χ1n) is 6.23. The minimum absolute atomic E-state index is 0.123. The van der Waals surface area contributed by atoms with Crippen molar-refractivity contribution in [3.8, 4) is 5.75 Å². The third kappa shape index (κ3) is 4.17. The lowest BCUT2D eigenvalue weighted by atomic mass is 10.1. The number of amides is 1. The van der Waals surface area contributed by atoms with Gasteiger partial charge in [-0.05, 0) is 38.1 Å². The lowest BCUT2D eigenvalue weighted by molar-refractivity contribution is -0.124. The van der Waals surface area contributed by atoms with Crippen LogP contribution < -0.4 is 15.4 Å². The molecule has 1 heterocycles. The van der Waals surface area contributed by atoms with Crippen LogP contribution in [0.4, 0.5) is 8.78 Å². The van der Waals surface area contributed by atoms with Crippen molar-refractivity contribution in [1.82, 2.24) is 10.6 Å². The largest absolute Gasteiger partial charge is 0.481 e. The summed E-state index contributed by atoms with van der Waals surface area (Å²) in [6, 6.07) is 3.11. The zero-order chi connectivity index (χ0) is 13.7. The van der Waals surface area contributed by atoms with Crippen molar-refractivity contribution in [2.45, 2.75) is 18.9 Å². The SMILES string of the molecule is O=C(COc1ccc(F)cc1F)NC1CCNCC1. The normalized spacial score (nSPS) is 16.1. The van der Waals surface area contributed by atoms with Crippen molar-refractivity contribution < 1.29 is 18.3 Å². The van der Waals surface area contributed by atoms with E-state index in [4.69, 9.17) is 4.74 Å². The Morgan fingerprint density at radius 2 is 2.11 bits per heavy atom. The van der Waals surface area contributed by atoms with E-state index < -0.39 is 11.6 Å². The molecular formula is C13H16F2N2O2. The molecule has 104 valence electrons. The quantitative estimate of drug-likeness (QED) is 0.864. The van der Waals surface area contributed by atoms with Crippen molar-refractivity contribution in [3.05, 3.63) is 29.8 Å². The number of ether oxygens (including phenoxy) is 1. The maximum absolute atomic E-state index is 13.3. The van der Waals surface area contributed by atoms with E-state index in [0.717, 1.165) is 38.1 Å². The van der Waals surface area contributed by atoms with Crippen LogP contribution in [0.1, 0.15) is 12.8 Å². The third-order valence-electron chi connectivity index (χ3n) is 2.96. The van der Waals surface area contributed by atoms with Crippen LogP contribution in [0.2, 0.25) is 0 Å². The van der Waals surface area contributed by atoms with E-state index in [1.807, 2.05) is 0 Å². The van der Waals surface area contributed by atoms with E-state index >= 15 is 0 Å². The molecule has 1 aliphatic heterocycles. The van der Waals surface area contributed by atoms with Gasteiger partial charge in [0.05, 0.1) is 0 Å². The molecule has 0 aliphatic carbocycles. The van der Waals surface area contributed by atoms with Gasteiger partial charge in [-0.1, -0.05) is 0 Å². The Morgan fingerprint density at radius 3 is 2.79 bits per heavy atom. The molecule has 0 saturated carbocycles. The third-order valence-corrected chi connectivity index (χ3v) is 2.96. The Hall–Kier alpha value is -1.69. The molecule has 2 rings (SSSR count). The zero-order valence-corrected chi connectivity index (χ0v) is 10.4. The van der Waals surface area contributed by atoms with Gasteiger partial charge in [-0.2, -0.15) is 0 Å². The molecule has 0 unspecified atom stereocenters. The van der Waals surface area contributed by atoms with Crippen LogP contribution in [0.15, 0.2) is 18.2 Å². The highest BCUT2D eigenvalue weighted by Gasteiger charge is 2.16. The van der Waals surface area contributed by atoms with Crippen LogP contribution in [-0.2, 0) is 4.79 Å². The van der Waals surface area contributed by atoms with E-state index in [-0.39, 0.29) is 24.3 Å². The zero-order valence-electron chi connectivity index (χ0n) is 10.4. The predicted molar refractivity (Wildman–Crippen MR) is 65.9 cm³/mol. The van der Waals surface area contributed by atoms with Gasteiger partial charge in [-0.3, -0.25) is 4.79 Å². The second-order valence-electron chi connectivity index (χ2n) is 4.46. The molecule has 0 radical (unpaired) electrons. The van der Waals surface area contributed by atoms with Gasteiger partial charge < -0.3 is 15.4 Å². The van der Waals surface area contributed by atoms with Crippen LogP contribution in [0.3, 0.4) is 0 Å². The molecule has 2 N–H and O–H groups in total. The summed E-state index contributed by atoms with van der Waals surface area (Å²) < 4.78 is 31.0. The van der Waals surface area contributed by atoms with Gasteiger partial charge in [-0.15, -0.1) is 0 Å². The fourth-order valence-corrected chi connectivity index (χ4v) is 1.97. The maximum atomic E-state index is 13.3. The minimum atomic E-state index is -0.810. The summed E-state index contributed by atoms with van der Waals surface area (Å²) in [5.74, 6) is -1.91. The highest BCUT2D eigenvalue weighted by atomic mass is 19.1. The Bertz CT molecular complexity index is 448. The van der Waals surface area contributed by atoms with Crippen molar-refractivity contribution in [2.24, 2.45) is 0 Å². The Balaban J connectivity index is 1.79. The second kappa shape index (κ2) is 6.47. The second-order valence-corrected chi connectivity index (χ2v) is 4.46. The van der Waals surface area contributed by atoms with Crippen molar-refractivity contribution >= 4 is 5.91 Å². The fourth-order valence-electron chi connectivity index (χ4n) is 1.97. The van der Waals surface area contributed by atoms with Gasteiger partial charge in [0.15, 0.2) is 18.2 Å². The van der Waals surface area contributed by atoms with Crippen LogP contribution in [0.25, 0.3) is 0 Å². The summed E-state index contributed by atoms with van der Waals surface area (Å²) in [5.41, 5.74) is 0. The van der Waals surface area contributed by atoms with E-state index in [9.17, 15) is 13.6 Å². The topological polar surface area (TPSA) is 50.4 Å². The Labute approximate surface area is 110 Å². The van der Waals surface area contributed by atoms with Crippen LogP contribution in [0.5, 0.6) is 5.75 Å². The number of halogens is 2. The summed E-state index contributed by atoms with van der Waals surface area (Å²) in [6.45, 7) is 1.48. The summed E-state index contributed by atoms with van der Waals surface area (Å²) in [7, 11) is 0. The van der Waals surface area contributed by atoms with Gasteiger partial charge in [0.2, 0.25) is 0 Å². The van der Waals surface area contributed by atoms with E-state index in [2.05, 4.69) is 10.6 Å². The summed E-state index contributed by atoms with van der Waals surface area (Å²) in [5, 5.41) is 6.01. The average molecular weight is 270 g/mol. The van der Waals surface area contributed by atoms with E-state index in [1.54, 1.807) is 0 Å². The summed E-state index contributed by atoms with van der Waals surface area (Å²) in [6.07, 6.45) is 1.74. The Kier molecular flexibility index (Phi) is 4.68. The molecule has 1 aliphatic rings. The number of carbonyl (C=O) groups is 1. The molecule has 0 aromatic heterocycles. The van der Waals surface area contributed by atoms with Gasteiger partial charge in [-0.25, -0.2) is 8.78 Å². The maximum Gasteiger partial charge on any atom is 0.258 e. The number of piperidine rings is 1. The molecule has 19 heavy (non-hydrogen) atoms. The average Bonchev–Trinajstić information content (AvgIpc) is 2.39. The van der Waals surface area contributed by atoms with Gasteiger partial charge in [0.25, 0.3) is 5.91 Å². The molecule has 0 atom stereocenters. The molecule has 1 fully saturated rings. The molecule has 0 bridgehead atoms. The predicted octanol–water partition coefficient (Wildman–Crippen LogP) is 1.21. The molecular weight excluding hydrogens is 254 g/mol. The summed E-state index contributed by atoms with van der Waals surface area (Å²) in [4.78, 5) is 11.6. The molecule has 0 spiro atoms. The molecule has 1 saturated heterocycles. The lowest BCUT2D eigenvalue weighted by Gasteiger charge is -2.23. The van der Waals surface area contributed by atoms with Gasteiger partial charge >= 0.3 is 0 Å². The number of hydrogen-bond donors (Lipinski definition) is 2. The minimum Gasteiger partial charge on any atom is -0.481 e. The van der Waals surface area contributed by atoms with Crippen molar-refractivity contribution in [3.63, 3.8) is 0 Å². The molecule has 1 aromatic carbocycles. The Morgan fingerprint density at radius 1 is 1.37 bits per heavy atom.